The predicted octanol–water partition coefficient (Wildman–Crippen LogP) is 3.21. The van der Waals surface area contributed by atoms with E-state index < -0.39 is 0 Å². The topological polar surface area (TPSA) is 38.1 Å². The zero-order chi connectivity index (χ0) is 11.7. The highest BCUT2D eigenvalue weighted by atomic mass is 32.1. The number of nitrogens with zero attached hydrogens (tertiary/aromatic N) is 1. The maximum absolute atomic E-state index is 5.56. The number of furan rings is 1. The van der Waals surface area contributed by atoms with Crippen LogP contribution in [0.25, 0.3) is 11.5 Å². The second-order valence-corrected chi connectivity index (χ2v) is 5.55. The Kier molecular flexibility index (Phi) is 2.99. The number of rotatable bonds is 5. The number of aryl methyl sites for hydroxylation is 1. The van der Waals surface area contributed by atoms with Gasteiger partial charge in [0, 0.05) is 11.9 Å². The van der Waals surface area contributed by atoms with Crippen LogP contribution >= 0.6 is 11.3 Å². The van der Waals surface area contributed by atoms with E-state index in [0.717, 1.165) is 41.2 Å². The van der Waals surface area contributed by atoms with Gasteiger partial charge in [-0.1, -0.05) is 0 Å². The molecule has 0 spiro atoms. The lowest BCUT2D eigenvalue weighted by Gasteiger charge is -1.98. The Morgan fingerprint density at radius 1 is 1.47 bits per heavy atom. The van der Waals surface area contributed by atoms with Crippen LogP contribution in [0.15, 0.2) is 21.9 Å². The normalized spacial score (nSPS) is 15.4. The lowest BCUT2D eigenvalue weighted by molar-refractivity contribution is 0.546. The number of thiazole rings is 1. The third-order valence-electron chi connectivity index (χ3n) is 2.95. The molecule has 0 bridgehead atoms. The minimum atomic E-state index is 0.868. The van der Waals surface area contributed by atoms with Gasteiger partial charge in [-0.15, -0.1) is 11.3 Å². The maximum Gasteiger partial charge on any atom is 0.153 e. The zero-order valence-electron chi connectivity index (χ0n) is 9.90. The first-order valence-electron chi connectivity index (χ1n) is 6.03. The summed E-state index contributed by atoms with van der Waals surface area (Å²) < 4.78 is 5.56. The molecule has 4 heteroatoms. The zero-order valence-corrected chi connectivity index (χ0v) is 10.7. The van der Waals surface area contributed by atoms with Crippen molar-refractivity contribution in [3.05, 3.63) is 28.3 Å². The molecule has 0 aromatic carbocycles. The molecule has 3 nitrogen and oxygen atoms in total. The molecule has 17 heavy (non-hydrogen) atoms. The fourth-order valence-electron chi connectivity index (χ4n) is 1.78. The molecule has 2 aromatic rings. The number of hydrogen-bond donors (Lipinski definition) is 1. The molecule has 0 atom stereocenters. The molecule has 2 heterocycles. The Bertz CT molecular complexity index is 499. The smallest absolute Gasteiger partial charge is 0.153 e. The average Bonchev–Trinajstić information content (AvgIpc) is 2.85. The molecule has 0 aliphatic heterocycles. The van der Waals surface area contributed by atoms with Crippen molar-refractivity contribution < 1.29 is 4.42 Å². The van der Waals surface area contributed by atoms with Crippen molar-refractivity contribution in [3.8, 4) is 11.5 Å². The average molecular weight is 248 g/mol. The summed E-state index contributed by atoms with van der Waals surface area (Å²) in [5, 5.41) is 6.65. The van der Waals surface area contributed by atoms with Crippen molar-refractivity contribution in [1.29, 1.82) is 0 Å². The first kappa shape index (κ1) is 11.0. The van der Waals surface area contributed by atoms with Gasteiger partial charge in [-0.25, -0.2) is 4.98 Å². The first-order valence-corrected chi connectivity index (χ1v) is 6.91. The third kappa shape index (κ3) is 2.76. The van der Waals surface area contributed by atoms with E-state index in [1.54, 1.807) is 11.3 Å². The molecule has 0 amide bonds. The summed E-state index contributed by atoms with van der Waals surface area (Å²) in [7, 11) is 0. The van der Waals surface area contributed by atoms with Gasteiger partial charge >= 0.3 is 0 Å². The minimum Gasteiger partial charge on any atom is -0.460 e. The summed E-state index contributed by atoms with van der Waals surface area (Å²) in [4.78, 5) is 4.57. The summed E-state index contributed by atoms with van der Waals surface area (Å²) in [5.41, 5.74) is 0.950. The van der Waals surface area contributed by atoms with Gasteiger partial charge in [0.15, 0.2) is 5.76 Å². The predicted molar refractivity (Wildman–Crippen MR) is 69.0 cm³/mol. The molecule has 0 saturated heterocycles. The molecule has 2 aromatic heterocycles. The fraction of sp³-hybridized carbons (Fsp3) is 0.462. The van der Waals surface area contributed by atoms with Crippen molar-refractivity contribution in [2.24, 2.45) is 5.92 Å². The molecule has 0 unspecified atom stereocenters. The summed E-state index contributed by atoms with van der Waals surface area (Å²) in [5.74, 6) is 2.72. The van der Waals surface area contributed by atoms with E-state index in [1.807, 2.05) is 19.1 Å². The lowest BCUT2D eigenvalue weighted by atomic mass is 10.3. The third-order valence-corrected chi connectivity index (χ3v) is 3.80. The number of hydrogen-bond acceptors (Lipinski definition) is 4. The Morgan fingerprint density at radius 3 is 3.06 bits per heavy atom. The van der Waals surface area contributed by atoms with E-state index in [1.165, 1.54) is 12.8 Å². The minimum absolute atomic E-state index is 0.868. The summed E-state index contributed by atoms with van der Waals surface area (Å²) >= 11 is 1.69. The highest BCUT2D eigenvalue weighted by molar-refractivity contribution is 7.09. The van der Waals surface area contributed by atoms with Gasteiger partial charge in [0.25, 0.3) is 0 Å². The Labute approximate surface area is 105 Å². The van der Waals surface area contributed by atoms with Crippen LogP contribution in [0.5, 0.6) is 0 Å². The summed E-state index contributed by atoms with van der Waals surface area (Å²) in [6.07, 6.45) is 2.78. The second kappa shape index (κ2) is 4.63. The monoisotopic (exact) mass is 248 g/mol. The molecule has 1 N–H and O–H groups in total. The number of nitrogens with one attached hydrogen (secondary N) is 1. The summed E-state index contributed by atoms with van der Waals surface area (Å²) in [6, 6.07) is 3.95. The SMILES string of the molecule is Cc1ccc(-c2csc(CNCC3CC3)n2)o1. The Balaban J connectivity index is 1.61. The van der Waals surface area contributed by atoms with Crippen LogP contribution in [-0.4, -0.2) is 11.5 Å². The van der Waals surface area contributed by atoms with Crippen LogP contribution in [0.3, 0.4) is 0 Å². The van der Waals surface area contributed by atoms with Gasteiger partial charge in [-0.05, 0) is 44.4 Å². The van der Waals surface area contributed by atoms with Gasteiger partial charge < -0.3 is 9.73 Å². The molecule has 1 saturated carbocycles. The molecule has 0 radical (unpaired) electrons. The van der Waals surface area contributed by atoms with Crippen molar-refractivity contribution in [2.45, 2.75) is 26.3 Å². The van der Waals surface area contributed by atoms with Gasteiger partial charge in [0.05, 0.1) is 0 Å². The standard InChI is InChI=1S/C13H16N2OS/c1-9-2-5-12(16-9)11-8-17-13(15-11)7-14-6-10-3-4-10/h2,5,8,10,14H,3-4,6-7H2,1H3. The van der Waals surface area contributed by atoms with Crippen LogP contribution in [0.2, 0.25) is 0 Å². The van der Waals surface area contributed by atoms with E-state index in [0.29, 0.717) is 0 Å². The van der Waals surface area contributed by atoms with E-state index in [9.17, 15) is 0 Å². The van der Waals surface area contributed by atoms with Crippen LogP contribution in [-0.2, 0) is 6.54 Å². The lowest BCUT2D eigenvalue weighted by Crippen LogP contribution is -2.15. The summed E-state index contributed by atoms with van der Waals surface area (Å²) in [6.45, 7) is 3.96. The van der Waals surface area contributed by atoms with Crippen molar-refractivity contribution in [3.63, 3.8) is 0 Å². The van der Waals surface area contributed by atoms with Crippen LogP contribution in [0, 0.1) is 12.8 Å². The van der Waals surface area contributed by atoms with Crippen molar-refractivity contribution >= 4 is 11.3 Å². The van der Waals surface area contributed by atoms with E-state index in [-0.39, 0.29) is 0 Å². The Hall–Kier alpha value is -1.13. The van der Waals surface area contributed by atoms with Gasteiger partial charge in [-0.3, -0.25) is 0 Å². The number of aromatic nitrogens is 1. The van der Waals surface area contributed by atoms with Crippen LogP contribution in [0.4, 0.5) is 0 Å². The van der Waals surface area contributed by atoms with Crippen LogP contribution in [0.1, 0.15) is 23.6 Å². The highest BCUT2D eigenvalue weighted by Crippen LogP contribution is 2.28. The fourth-order valence-corrected chi connectivity index (χ4v) is 2.54. The molecule has 1 fully saturated rings. The molecule has 1 aliphatic carbocycles. The van der Waals surface area contributed by atoms with E-state index in [2.05, 4.69) is 15.7 Å². The molecular weight excluding hydrogens is 232 g/mol. The maximum atomic E-state index is 5.56. The largest absolute Gasteiger partial charge is 0.460 e. The first-order chi connectivity index (χ1) is 8.31. The molecule has 90 valence electrons. The highest BCUT2D eigenvalue weighted by Gasteiger charge is 2.20. The van der Waals surface area contributed by atoms with Gasteiger partial charge in [-0.2, -0.15) is 0 Å². The van der Waals surface area contributed by atoms with Gasteiger partial charge in [0.1, 0.15) is 16.5 Å². The van der Waals surface area contributed by atoms with Crippen LogP contribution < -0.4 is 5.32 Å². The van der Waals surface area contributed by atoms with E-state index in [4.69, 9.17) is 4.42 Å². The molecule has 3 rings (SSSR count). The van der Waals surface area contributed by atoms with E-state index >= 15 is 0 Å². The molecular formula is C13H16N2OS. The van der Waals surface area contributed by atoms with Crippen molar-refractivity contribution in [2.75, 3.05) is 6.54 Å². The van der Waals surface area contributed by atoms with Crippen molar-refractivity contribution in [1.82, 2.24) is 10.3 Å². The van der Waals surface area contributed by atoms with Gasteiger partial charge in [0.2, 0.25) is 0 Å². The Morgan fingerprint density at radius 2 is 2.35 bits per heavy atom. The second-order valence-electron chi connectivity index (χ2n) is 4.61. The molecule has 1 aliphatic rings. The quantitative estimate of drug-likeness (QED) is 0.883.